The van der Waals surface area contributed by atoms with Crippen molar-refractivity contribution in [2.75, 3.05) is 12.8 Å². The highest BCUT2D eigenvalue weighted by Gasteiger charge is 2.14. The zero-order chi connectivity index (χ0) is 14.0. The van der Waals surface area contributed by atoms with Crippen molar-refractivity contribution >= 4 is 11.6 Å². The van der Waals surface area contributed by atoms with E-state index in [0.29, 0.717) is 17.8 Å². The van der Waals surface area contributed by atoms with Gasteiger partial charge in [0.15, 0.2) is 0 Å². The minimum absolute atomic E-state index is 0.0904. The lowest BCUT2D eigenvalue weighted by Gasteiger charge is -2.16. The first-order valence-corrected chi connectivity index (χ1v) is 6.01. The molecule has 0 bridgehead atoms. The van der Waals surface area contributed by atoms with Crippen LogP contribution in [0.2, 0.25) is 0 Å². The van der Waals surface area contributed by atoms with Crippen molar-refractivity contribution in [3.8, 4) is 0 Å². The van der Waals surface area contributed by atoms with Crippen molar-refractivity contribution in [1.82, 2.24) is 10.1 Å². The van der Waals surface area contributed by atoms with Crippen LogP contribution in [0.25, 0.3) is 0 Å². The molecule has 1 amide bonds. The number of amides is 1. The summed E-state index contributed by atoms with van der Waals surface area (Å²) in [6.45, 7) is 4.13. The summed E-state index contributed by atoms with van der Waals surface area (Å²) in [5, 5.41) is 3.87. The van der Waals surface area contributed by atoms with Crippen LogP contribution in [0.1, 0.15) is 27.4 Å². The first-order chi connectivity index (χ1) is 8.97. The van der Waals surface area contributed by atoms with Crippen LogP contribution in [0, 0.1) is 13.8 Å². The summed E-state index contributed by atoms with van der Waals surface area (Å²) in [6, 6.07) is 7.13. The highest BCUT2D eigenvalue weighted by Crippen LogP contribution is 2.15. The fourth-order valence-electron chi connectivity index (χ4n) is 1.80. The summed E-state index contributed by atoms with van der Waals surface area (Å²) in [5.74, 6) is 0.641. The Morgan fingerprint density at radius 3 is 2.68 bits per heavy atom. The highest BCUT2D eigenvalue weighted by molar-refractivity contribution is 5.95. The van der Waals surface area contributed by atoms with E-state index in [0.717, 1.165) is 17.0 Å². The van der Waals surface area contributed by atoms with Gasteiger partial charge in [-0.25, -0.2) is 0 Å². The second kappa shape index (κ2) is 5.14. The van der Waals surface area contributed by atoms with Gasteiger partial charge in [0.25, 0.3) is 5.91 Å². The smallest absolute Gasteiger partial charge is 0.254 e. The molecule has 0 aliphatic rings. The molecular weight excluding hydrogens is 242 g/mol. The molecule has 0 aliphatic heterocycles. The van der Waals surface area contributed by atoms with E-state index in [4.69, 9.17) is 10.3 Å². The predicted molar refractivity (Wildman–Crippen MR) is 72.6 cm³/mol. The van der Waals surface area contributed by atoms with Crippen molar-refractivity contribution in [2.45, 2.75) is 20.4 Å². The van der Waals surface area contributed by atoms with Gasteiger partial charge in [-0.2, -0.15) is 0 Å². The maximum Gasteiger partial charge on any atom is 0.254 e. The number of carbonyl (C=O) groups excluding carboxylic acids is 1. The Hall–Kier alpha value is -2.30. The van der Waals surface area contributed by atoms with E-state index in [1.165, 1.54) is 0 Å². The van der Waals surface area contributed by atoms with E-state index in [1.54, 1.807) is 24.1 Å². The Morgan fingerprint density at radius 2 is 2.11 bits per heavy atom. The van der Waals surface area contributed by atoms with Crippen LogP contribution in [-0.2, 0) is 6.54 Å². The normalized spacial score (nSPS) is 10.5. The molecule has 0 atom stereocenters. The average Bonchev–Trinajstić information content (AvgIpc) is 2.77. The molecule has 0 unspecified atom stereocenters. The predicted octanol–water partition coefficient (Wildman–Crippen LogP) is 2.15. The lowest BCUT2D eigenvalue weighted by molar-refractivity contribution is 0.0782. The minimum atomic E-state index is -0.0904. The second-order valence-electron chi connectivity index (χ2n) is 4.66. The monoisotopic (exact) mass is 259 g/mol. The molecule has 1 aromatic carbocycles. The topological polar surface area (TPSA) is 72.4 Å². The zero-order valence-electron chi connectivity index (χ0n) is 11.3. The Labute approximate surface area is 112 Å². The molecule has 0 spiro atoms. The molecule has 0 saturated carbocycles. The maximum atomic E-state index is 12.2. The fourth-order valence-corrected chi connectivity index (χ4v) is 1.80. The second-order valence-corrected chi connectivity index (χ2v) is 4.66. The van der Waals surface area contributed by atoms with Gasteiger partial charge in [-0.15, -0.1) is 0 Å². The van der Waals surface area contributed by atoms with Gasteiger partial charge in [0.05, 0.1) is 6.54 Å². The Morgan fingerprint density at radius 1 is 1.37 bits per heavy atom. The van der Waals surface area contributed by atoms with Gasteiger partial charge in [-0.3, -0.25) is 4.79 Å². The number of benzene rings is 1. The van der Waals surface area contributed by atoms with Crippen molar-refractivity contribution in [3.05, 3.63) is 46.8 Å². The maximum absolute atomic E-state index is 12.2. The van der Waals surface area contributed by atoms with Gasteiger partial charge in [0.1, 0.15) is 11.5 Å². The minimum Gasteiger partial charge on any atom is -0.398 e. The van der Waals surface area contributed by atoms with E-state index in [1.807, 2.05) is 26.0 Å². The third kappa shape index (κ3) is 2.93. The van der Waals surface area contributed by atoms with Gasteiger partial charge in [-0.1, -0.05) is 11.2 Å². The molecule has 1 heterocycles. The quantitative estimate of drug-likeness (QED) is 0.857. The summed E-state index contributed by atoms with van der Waals surface area (Å²) in [6.07, 6.45) is 0. The number of aromatic nitrogens is 1. The van der Waals surface area contributed by atoms with Crippen LogP contribution >= 0.6 is 0 Å². The van der Waals surface area contributed by atoms with E-state index in [9.17, 15) is 4.79 Å². The Bertz CT molecular complexity index is 604. The first kappa shape index (κ1) is 13.1. The molecule has 100 valence electrons. The van der Waals surface area contributed by atoms with E-state index in [2.05, 4.69) is 5.16 Å². The van der Waals surface area contributed by atoms with Crippen molar-refractivity contribution in [2.24, 2.45) is 0 Å². The van der Waals surface area contributed by atoms with Crippen molar-refractivity contribution in [1.29, 1.82) is 0 Å². The van der Waals surface area contributed by atoms with E-state index < -0.39 is 0 Å². The number of aryl methyl sites for hydroxylation is 2. The number of carbonyl (C=O) groups is 1. The van der Waals surface area contributed by atoms with E-state index >= 15 is 0 Å². The number of nitrogens with two attached hydrogens (primary N) is 1. The number of rotatable bonds is 3. The lowest BCUT2D eigenvalue weighted by atomic mass is 10.1. The molecule has 2 rings (SSSR count). The molecule has 5 heteroatoms. The summed E-state index contributed by atoms with van der Waals surface area (Å²) in [5.41, 5.74) is 8.71. The molecular formula is C14H17N3O2. The van der Waals surface area contributed by atoms with Gasteiger partial charge in [0, 0.05) is 24.4 Å². The zero-order valence-corrected chi connectivity index (χ0v) is 11.3. The van der Waals surface area contributed by atoms with Crippen LogP contribution in [0.15, 0.2) is 28.8 Å². The number of nitrogen functional groups attached to an aromatic ring is 1. The number of hydrogen-bond donors (Lipinski definition) is 1. The SMILES string of the molecule is Cc1cc(CN(C)C(=O)c2ccc(C)c(N)c2)no1. The summed E-state index contributed by atoms with van der Waals surface area (Å²) in [7, 11) is 1.72. The van der Waals surface area contributed by atoms with Gasteiger partial charge < -0.3 is 15.2 Å². The van der Waals surface area contributed by atoms with Gasteiger partial charge >= 0.3 is 0 Å². The standard InChI is InChI=1S/C14H17N3O2/c1-9-4-5-11(7-13(9)15)14(18)17(3)8-12-6-10(2)19-16-12/h4-7H,8,15H2,1-3H3. The molecule has 19 heavy (non-hydrogen) atoms. The molecule has 2 aromatic rings. The number of hydrogen-bond acceptors (Lipinski definition) is 4. The molecule has 2 N–H and O–H groups in total. The van der Waals surface area contributed by atoms with Crippen molar-refractivity contribution < 1.29 is 9.32 Å². The largest absolute Gasteiger partial charge is 0.398 e. The molecule has 0 radical (unpaired) electrons. The third-order valence-electron chi connectivity index (χ3n) is 2.95. The molecule has 1 aromatic heterocycles. The average molecular weight is 259 g/mol. The molecule has 5 nitrogen and oxygen atoms in total. The van der Waals surface area contributed by atoms with Crippen molar-refractivity contribution in [3.63, 3.8) is 0 Å². The third-order valence-corrected chi connectivity index (χ3v) is 2.95. The molecule has 0 saturated heterocycles. The summed E-state index contributed by atoms with van der Waals surface area (Å²) < 4.78 is 4.98. The highest BCUT2D eigenvalue weighted by atomic mass is 16.5. The first-order valence-electron chi connectivity index (χ1n) is 6.01. The van der Waals surface area contributed by atoms with Crippen LogP contribution in [0.4, 0.5) is 5.69 Å². The lowest BCUT2D eigenvalue weighted by Crippen LogP contribution is -2.26. The number of nitrogens with zero attached hydrogens (tertiary/aromatic N) is 2. The Kier molecular flexibility index (Phi) is 3.55. The van der Waals surface area contributed by atoms with Crippen LogP contribution in [0.5, 0.6) is 0 Å². The van der Waals surface area contributed by atoms with E-state index in [-0.39, 0.29) is 5.91 Å². The summed E-state index contributed by atoms with van der Waals surface area (Å²) in [4.78, 5) is 13.8. The van der Waals surface area contributed by atoms with Crippen LogP contribution in [-0.4, -0.2) is 23.0 Å². The number of anilines is 1. The van der Waals surface area contributed by atoms with Gasteiger partial charge in [0.2, 0.25) is 0 Å². The molecule has 0 aliphatic carbocycles. The van der Waals surface area contributed by atoms with Gasteiger partial charge in [-0.05, 0) is 31.5 Å². The molecule has 0 fully saturated rings. The van der Waals surface area contributed by atoms with Crippen LogP contribution in [0.3, 0.4) is 0 Å². The Balaban J connectivity index is 2.12. The summed E-state index contributed by atoms with van der Waals surface area (Å²) >= 11 is 0. The van der Waals surface area contributed by atoms with Crippen LogP contribution < -0.4 is 5.73 Å². The fraction of sp³-hybridized carbons (Fsp3) is 0.286.